The molecule has 0 heterocycles. The number of carbonyl (C=O) groups is 3. The van der Waals surface area contributed by atoms with Gasteiger partial charge in [0.25, 0.3) is 5.91 Å². The number of anilines is 2. The SMILES string of the molecule is CN(C)C(=O)N(C(=O)c1ccccc1)c1ccc(Cl)cc1.CN(C)C(=O)Nc1ccc(Cl)cc1. The van der Waals surface area contributed by atoms with Gasteiger partial charge in [0.05, 0.1) is 5.69 Å². The van der Waals surface area contributed by atoms with Crippen LogP contribution < -0.4 is 10.2 Å². The predicted octanol–water partition coefficient (Wildman–Crippen LogP) is 6.10. The molecule has 0 bridgehead atoms. The van der Waals surface area contributed by atoms with Gasteiger partial charge in [-0.3, -0.25) is 4.79 Å². The summed E-state index contributed by atoms with van der Waals surface area (Å²) in [4.78, 5) is 40.1. The van der Waals surface area contributed by atoms with Gasteiger partial charge in [0, 0.05) is 49.5 Å². The minimum Gasteiger partial charge on any atom is -0.331 e. The molecule has 3 aromatic carbocycles. The quantitative estimate of drug-likeness (QED) is 0.471. The van der Waals surface area contributed by atoms with Gasteiger partial charge in [-0.25, -0.2) is 14.5 Å². The van der Waals surface area contributed by atoms with E-state index < -0.39 is 6.03 Å². The average molecular weight is 501 g/mol. The van der Waals surface area contributed by atoms with Gasteiger partial charge in [-0.15, -0.1) is 0 Å². The van der Waals surface area contributed by atoms with Crippen molar-refractivity contribution < 1.29 is 14.4 Å². The maximum absolute atomic E-state index is 12.6. The monoisotopic (exact) mass is 500 g/mol. The van der Waals surface area contributed by atoms with Crippen molar-refractivity contribution in [2.75, 3.05) is 38.4 Å². The molecule has 0 unspecified atom stereocenters. The van der Waals surface area contributed by atoms with Gasteiger partial charge in [0.1, 0.15) is 0 Å². The molecule has 0 atom stereocenters. The summed E-state index contributed by atoms with van der Waals surface area (Å²) in [5.41, 5.74) is 1.66. The van der Waals surface area contributed by atoms with Gasteiger partial charge in [0.2, 0.25) is 0 Å². The van der Waals surface area contributed by atoms with E-state index in [1.165, 1.54) is 9.80 Å². The number of hydrogen-bond donors (Lipinski definition) is 1. The Hall–Kier alpha value is -3.55. The molecule has 0 saturated heterocycles. The zero-order valence-corrected chi connectivity index (χ0v) is 20.8. The van der Waals surface area contributed by atoms with Crippen molar-refractivity contribution >= 4 is 52.5 Å². The minimum atomic E-state index is -0.411. The molecule has 9 heteroatoms. The van der Waals surface area contributed by atoms with Crippen LogP contribution in [0.15, 0.2) is 78.9 Å². The van der Waals surface area contributed by atoms with E-state index in [2.05, 4.69) is 5.32 Å². The Kier molecular flexibility index (Phi) is 9.92. The number of nitrogens with zero attached hydrogens (tertiary/aromatic N) is 3. The molecule has 0 aliphatic carbocycles. The molecule has 0 radical (unpaired) electrons. The van der Waals surface area contributed by atoms with Gasteiger partial charge >= 0.3 is 12.1 Å². The molecule has 5 amide bonds. The van der Waals surface area contributed by atoms with Crippen molar-refractivity contribution in [3.63, 3.8) is 0 Å². The largest absolute Gasteiger partial charge is 0.331 e. The van der Waals surface area contributed by atoms with Gasteiger partial charge in [-0.05, 0) is 60.7 Å². The van der Waals surface area contributed by atoms with E-state index >= 15 is 0 Å². The van der Waals surface area contributed by atoms with E-state index in [9.17, 15) is 14.4 Å². The molecule has 0 aromatic heterocycles. The maximum atomic E-state index is 12.6. The second-order valence-electron chi connectivity index (χ2n) is 7.49. The summed E-state index contributed by atoms with van der Waals surface area (Å²) < 4.78 is 0. The number of benzene rings is 3. The summed E-state index contributed by atoms with van der Waals surface area (Å²) in [5, 5.41) is 3.90. The van der Waals surface area contributed by atoms with Crippen molar-refractivity contribution in [1.29, 1.82) is 0 Å². The summed E-state index contributed by atoms with van der Waals surface area (Å²) in [7, 11) is 6.57. The Morgan fingerprint density at radius 3 is 1.65 bits per heavy atom. The fraction of sp³-hybridized carbons (Fsp3) is 0.160. The number of imide groups is 1. The third-order valence-electron chi connectivity index (χ3n) is 4.38. The Bertz CT molecular complexity index is 1100. The van der Waals surface area contributed by atoms with Crippen LogP contribution in [0.4, 0.5) is 21.0 Å². The summed E-state index contributed by atoms with van der Waals surface area (Å²) in [6.07, 6.45) is 0. The molecule has 0 aliphatic heterocycles. The molecule has 0 spiro atoms. The predicted molar refractivity (Wildman–Crippen MR) is 138 cm³/mol. The third-order valence-corrected chi connectivity index (χ3v) is 4.89. The number of nitrogens with one attached hydrogen (secondary N) is 1. The number of carbonyl (C=O) groups excluding carboxylic acids is 3. The van der Waals surface area contributed by atoms with Crippen LogP contribution >= 0.6 is 23.2 Å². The molecule has 178 valence electrons. The lowest BCUT2D eigenvalue weighted by molar-refractivity contribution is 0.0989. The molecule has 3 aromatic rings. The van der Waals surface area contributed by atoms with Crippen LogP contribution in [0, 0.1) is 0 Å². The second-order valence-corrected chi connectivity index (χ2v) is 8.36. The lowest BCUT2D eigenvalue weighted by Crippen LogP contribution is -2.43. The van der Waals surface area contributed by atoms with Crippen molar-refractivity contribution in [2.45, 2.75) is 0 Å². The van der Waals surface area contributed by atoms with E-state index in [1.807, 2.05) is 6.07 Å². The average Bonchev–Trinajstić information content (AvgIpc) is 2.82. The molecule has 0 aliphatic rings. The fourth-order valence-electron chi connectivity index (χ4n) is 2.58. The van der Waals surface area contributed by atoms with Crippen LogP contribution in [0.25, 0.3) is 0 Å². The zero-order valence-electron chi connectivity index (χ0n) is 19.3. The van der Waals surface area contributed by atoms with E-state index in [1.54, 1.807) is 101 Å². The van der Waals surface area contributed by atoms with Crippen LogP contribution in [-0.4, -0.2) is 56.0 Å². The third kappa shape index (κ3) is 7.79. The first-order chi connectivity index (χ1) is 16.1. The minimum absolute atomic E-state index is 0.151. The summed E-state index contributed by atoms with van der Waals surface area (Å²) in [5.74, 6) is -0.378. The lowest BCUT2D eigenvalue weighted by atomic mass is 10.2. The number of hydrogen-bond acceptors (Lipinski definition) is 3. The highest BCUT2D eigenvalue weighted by atomic mass is 35.5. The summed E-state index contributed by atoms with van der Waals surface area (Å²) >= 11 is 11.5. The first-order valence-electron chi connectivity index (χ1n) is 10.2. The van der Waals surface area contributed by atoms with Crippen LogP contribution in [0.1, 0.15) is 10.4 Å². The van der Waals surface area contributed by atoms with Gasteiger partial charge in [-0.2, -0.15) is 0 Å². The van der Waals surface area contributed by atoms with E-state index in [0.717, 1.165) is 10.6 Å². The molecule has 34 heavy (non-hydrogen) atoms. The Balaban J connectivity index is 0.000000270. The van der Waals surface area contributed by atoms with Crippen molar-refractivity contribution in [2.24, 2.45) is 0 Å². The van der Waals surface area contributed by atoms with Crippen LogP contribution in [0.3, 0.4) is 0 Å². The molecule has 0 fully saturated rings. The van der Waals surface area contributed by atoms with Gasteiger partial charge in [-0.1, -0.05) is 41.4 Å². The van der Waals surface area contributed by atoms with Crippen LogP contribution in [0.2, 0.25) is 10.0 Å². The van der Waals surface area contributed by atoms with E-state index in [0.29, 0.717) is 21.3 Å². The van der Waals surface area contributed by atoms with Gasteiger partial charge in [0.15, 0.2) is 0 Å². The molecule has 1 N–H and O–H groups in total. The summed E-state index contributed by atoms with van der Waals surface area (Å²) in [6.45, 7) is 0. The van der Waals surface area contributed by atoms with Crippen molar-refractivity contribution in [1.82, 2.24) is 9.80 Å². The van der Waals surface area contributed by atoms with Crippen molar-refractivity contribution in [3.05, 3.63) is 94.5 Å². The van der Waals surface area contributed by atoms with E-state index in [4.69, 9.17) is 23.2 Å². The zero-order chi connectivity index (χ0) is 25.3. The number of rotatable bonds is 3. The molecule has 0 saturated carbocycles. The molecule has 7 nitrogen and oxygen atoms in total. The second kappa shape index (κ2) is 12.6. The topological polar surface area (TPSA) is 73.0 Å². The highest BCUT2D eigenvalue weighted by Crippen LogP contribution is 2.21. The maximum Gasteiger partial charge on any atom is 0.331 e. The van der Waals surface area contributed by atoms with Gasteiger partial charge < -0.3 is 15.1 Å². The molecular weight excluding hydrogens is 475 g/mol. The normalized spacial score (nSPS) is 9.82. The smallest absolute Gasteiger partial charge is 0.331 e. The van der Waals surface area contributed by atoms with Crippen molar-refractivity contribution in [3.8, 4) is 0 Å². The fourth-order valence-corrected chi connectivity index (χ4v) is 2.84. The highest BCUT2D eigenvalue weighted by molar-refractivity contribution is 6.31. The molecule has 3 rings (SSSR count). The van der Waals surface area contributed by atoms with Crippen LogP contribution in [-0.2, 0) is 0 Å². The standard InChI is InChI=1S/C16H15ClN2O2.C9H11ClN2O/c1-18(2)16(21)19(14-10-8-13(17)9-11-14)15(20)12-6-4-3-5-7-12;1-12(2)9(13)11-8-5-3-7(10)4-6-8/h3-11H,1-2H3;3-6H,1-2H3,(H,11,13). The number of halogens is 2. The Labute approximate surface area is 209 Å². The first kappa shape index (κ1) is 26.7. The molecular formula is C25H26Cl2N4O3. The number of urea groups is 2. The highest BCUT2D eigenvalue weighted by Gasteiger charge is 2.25. The van der Waals surface area contributed by atoms with E-state index in [-0.39, 0.29) is 11.9 Å². The summed E-state index contributed by atoms with van der Waals surface area (Å²) in [6, 6.07) is 21.7. The number of amides is 5. The Morgan fingerprint density at radius 2 is 1.18 bits per heavy atom. The van der Waals surface area contributed by atoms with Crippen LogP contribution in [0.5, 0.6) is 0 Å². The first-order valence-corrected chi connectivity index (χ1v) is 11.0. The lowest BCUT2D eigenvalue weighted by Gasteiger charge is -2.24. The Morgan fingerprint density at radius 1 is 0.676 bits per heavy atom.